The summed E-state index contributed by atoms with van der Waals surface area (Å²) in [7, 11) is 0. The first-order chi connectivity index (χ1) is 13.5. The zero-order valence-corrected chi connectivity index (χ0v) is 16.9. The van der Waals surface area contributed by atoms with Gasteiger partial charge in [0.05, 0.1) is 6.04 Å². The van der Waals surface area contributed by atoms with E-state index in [0.29, 0.717) is 37.4 Å². The lowest BCUT2D eigenvalue weighted by molar-refractivity contribution is -0.126. The van der Waals surface area contributed by atoms with Gasteiger partial charge in [-0.3, -0.25) is 14.6 Å². The number of nitrogens with one attached hydrogen (secondary N) is 1. The van der Waals surface area contributed by atoms with Crippen molar-refractivity contribution >= 4 is 11.8 Å². The largest absolute Gasteiger partial charge is 0.349 e. The van der Waals surface area contributed by atoms with E-state index in [2.05, 4.69) is 48.4 Å². The van der Waals surface area contributed by atoms with E-state index < -0.39 is 0 Å². The first-order valence-electron chi connectivity index (χ1n) is 10.0. The Kier molecular flexibility index (Phi) is 6.45. The molecule has 1 aromatic heterocycles. The van der Waals surface area contributed by atoms with E-state index in [1.165, 1.54) is 5.56 Å². The number of pyridine rings is 1. The van der Waals surface area contributed by atoms with Gasteiger partial charge < -0.3 is 10.2 Å². The quantitative estimate of drug-likeness (QED) is 0.856. The number of hydrogen-bond acceptors (Lipinski definition) is 3. The standard InChI is InChI=1S/C23H29N3O2/c1-16(2)18-4-6-19(7-5-18)17(3)25-22(27)20-10-14-26(15-11-20)23(28)21-8-12-24-13-9-21/h4-9,12-13,16-17,20H,10-11,14-15H2,1-3H3,(H,25,27)/t17-/m1/s1. The number of carbonyl (C=O) groups excluding carboxylic acids is 2. The molecule has 1 aliphatic heterocycles. The van der Waals surface area contributed by atoms with Crippen molar-refractivity contribution < 1.29 is 9.59 Å². The molecule has 1 saturated heterocycles. The summed E-state index contributed by atoms with van der Waals surface area (Å²) in [5.74, 6) is 0.550. The Balaban J connectivity index is 1.51. The van der Waals surface area contributed by atoms with Crippen LogP contribution < -0.4 is 5.32 Å². The molecule has 1 fully saturated rings. The lowest BCUT2D eigenvalue weighted by Crippen LogP contribution is -2.43. The van der Waals surface area contributed by atoms with Crippen LogP contribution in [0.5, 0.6) is 0 Å². The van der Waals surface area contributed by atoms with Crippen LogP contribution in [0, 0.1) is 5.92 Å². The molecular formula is C23H29N3O2. The second-order valence-corrected chi connectivity index (χ2v) is 7.85. The third-order valence-corrected chi connectivity index (χ3v) is 5.54. The summed E-state index contributed by atoms with van der Waals surface area (Å²) in [4.78, 5) is 31.0. The smallest absolute Gasteiger partial charge is 0.253 e. The molecule has 0 aliphatic carbocycles. The molecule has 1 aliphatic rings. The Labute approximate surface area is 167 Å². The molecule has 2 aromatic rings. The van der Waals surface area contributed by atoms with Crippen molar-refractivity contribution in [1.82, 2.24) is 15.2 Å². The molecule has 1 N–H and O–H groups in total. The van der Waals surface area contributed by atoms with Gasteiger partial charge in [0.15, 0.2) is 0 Å². The number of carbonyl (C=O) groups is 2. The van der Waals surface area contributed by atoms with E-state index >= 15 is 0 Å². The maximum atomic E-state index is 12.7. The van der Waals surface area contributed by atoms with Crippen molar-refractivity contribution in [2.45, 2.75) is 45.6 Å². The first-order valence-corrected chi connectivity index (χ1v) is 10.0. The molecule has 0 spiro atoms. The molecule has 0 bridgehead atoms. The van der Waals surface area contributed by atoms with Crippen LogP contribution in [0.2, 0.25) is 0 Å². The van der Waals surface area contributed by atoms with E-state index in [1.54, 1.807) is 24.5 Å². The normalized spacial score (nSPS) is 16.1. The van der Waals surface area contributed by atoms with Gasteiger partial charge in [-0.2, -0.15) is 0 Å². The van der Waals surface area contributed by atoms with E-state index in [1.807, 2.05) is 11.8 Å². The Bertz CT molecular complexity index is 794. The van der Waals surface area contributed by atoms with Gasteiger partial charge in [-0.1, -0.05) is 38.1 Å². The van der Waals surface area contributed by atoms with E-state index in [0.717, 1.165) is 5.56 Å². The first kappa shape index (κ1) is 20.1. The van der Waals surface area contributed by atoms with Crippen LogP contribution >= 0.6 is 0 Å². The lowest BCUT2D eigenvalue weighted by Gasteiger charge is -2.32. The summed E-state index contributed by atoms with van der Waals surface area (Å²) >= 11 is 0. The molecule has 2 amide bonds. The average Bonchev–Trinajstić information content (AvgIpc) is 2.74. The number of nitrogens with zero attached hydrogens (tertiary/aromatic N) is 2. The number of aromatic nitrogens is 1. The minimum atomic E-state index is -0.0427. The monoisotopic (exact) mass is 379 g/mol. The summed E-state index contributed by atoms with van der Waals surface area (Å²) in [5.41, 5.74) is 3.06. The Morgan fingerprint density at radius 3 is 2.11 bits per heavy atom. The van der Waals surface area contributed by atoms with E-state index in [4.69, 9.17) is 0 Å². The van der Waals surface area contributed by atoms with Gasteiger partial charge in [0.25, 0.3) is 5.91 Å². The van der Waals surface area contributed by atoms with Crippen molar-refractivity contribution in [2.24, 2.45) is 5.92 Å². The molecule has 1 aromatic carbocycles. The van der Waals surface area contributed by atoms with Crippen LogP contribution in [-0.4, -0.2) is 34.8 Å². The van der Waals surface area contributed by atoms with Gasteiger partial charge in [-0.25, -0.2) is 0 Å². The van der Waals surface area contributed by atoms with Crippen LogP contribution in [0.3, 0.4) is 0 Å². The number of benzene rings is 1. The molecule has 5 nitrogen and oxygen atoms in total. The molecule has 1 atom stereocenters. The summed E-state index contributed by atoms with van der Waals surface area (Å²) in [6.45, 7) is 7.58. The van der Waals surface area contributed by atoms with Crippen LogP contribution in [0.15, 0.2) is 48.8 Å². The highest BCUT2D eigenvalue weighted by atomic mass is 16.2. The van der Waals surface area contributed by atoms with Gasteiger partial charge in [-0.15, -0.1) is 0 Å². The number of hydrogen-bond donors (Lipinski definition) is 1. The third-order valence-electron chi connectivity index (χ3n) is 5.54. The van der Waals surface area contributed by atoms with Crippen molar-refractivity contribution in [3.8, 4) is 0 Å². The van der Waals surface area contributed by atoms with Crippen LogP contribution in [0.1, 0.15) is 67.1 Å². The molecule has 5 heteroatoms. The van der Waals surface area contributed by atoms with E-state index in [-0.39, 0.29) is 23.8 Å². The maximum Gasteiger partial charge on any atom is 0.253 e. The molecule has 2 heterocycles. The number of rotatable bonds is 5. The zero-order valence-electron chi connectivity index (χ0n) is 16.9. The highest BCUT2D eigenvalue weighted by Crippen LogP contribution is 2.22. The van der Waals surface area contributed by atoms with Crippen molar-refractivity contribution in [1.29, 1.82) is 0 Å². The van der Waals surface area contributed by atoms with Gasteiger partial charge >= 0.3 is 0 Å². The molecule has 148 valence electrons. The fourth-order valence-electron chi connectivity index (χ4n) is 3.61. The fourth-order valence-corrected chi connectivity index (χ4v) is 3.61. The number of amides is 2. The Morgan fingerprint density at radius 2 is 1.54 bits per heavy atom. The van der Waals surface area contributed by atoms with Crippen LogP contribution in [0.25, 0.3) is 0 Å². The van der Waals surface area contributed by atoms with E-state index in [9.17, 15) is 9.59 Å². The molecule has 3 rings (SSSR count). The highest BCUT2D eigenvalue weighted by Gasteiger charge is 2.28. The Hall–Kier alpha value is -2.69. The Morgan fingerprint density at radius 1 is 0.964 bits per heavy atom. The molecule has 28 heavy (non-hydrogen) atoms. The van der Waals surface area contributed by atoms with Crippen molar-refractivity contribution in [3.63, 3.8) is 0 Å². The average molecular weight is 380 g/mol. The number of likely N-dealkylation sites (tertiary alicyclic amines) is 1. The molecule has 0 unspecified atom stereocenters. The van der Waals surface area contributed by atoms with Gasteiger partial charge in [0, 0.05) is 37.0 Å². The zero-order chi connectivity index (χ0) is 20.1. The second kappa shape index (κ2) is 9.00. The number of piperidine rings is 1. The molecule has 0 radical (unpaired) electrons. The third kappa shape index (κ3) is 4.77. The second-order valence-electron chi connectivity index (χ2n) is 7.85. The summed E-state index contributed by atoms with van der Waals surface area (Å²) in [5, 5.41) is 3.14. The summed E-state index contributed by atoms with van der Waals surface area (Å²) in [6.07, 6.45) is 4.65. The SMILES string of the molecule is CC(C)c1ccc([C@@H](C)NC(=O)C2CCN(C(=O)c3ccncc3)CC2)cc1. The predicted molar refractivity (Wildman–Crippen MR) is 110 cm³/mol. The van der Waals surface area contributed by atoms with Crippen molar-refractivity contribution in [3.05, 3.63) is 65.5 Å². The minimum Gasteiger partial charge on any atom is -0.349 e. The molecular weight excluding hydrogens is 350 g/mol. The molecule has 0 saturated carbocycles. The van der Waals surface area contributed by atoms with Gasteiger partial charge in [0.1, 0.15) is 0 Å². The van der Waals surface area contributed by atoms with Gasteiger partial charge in [-0.05, 0) is 48.9 Å². The fraction of sp³-hybridized carbons (Fsp3) is 0.435. The topological polar surface area (TPSA) is 62.3 Å². The highest BCUT2D eigenvalue weighted by molar-refractivity contribution is 5.94. The van der Waals surface area contributed by atoms with Crippen LogP contribution in [0.4, 0.5) is 0 Å². The maximum absolute atomic E-state index is 12.7. The lowest BCUT2D eigenvalue weighted by atomic mass is 9.94. The summed E-state index contributed by atoms with van der Waals surface area (Å²) < 4.78 is 0. The van der Waals surface area contributed by atoms with Crippen molar-refractivity contribution in [2.75, 3.05) is 13.1 Å². The van der Waals surface area contributed by atoms with Gasteiger partial charge in [0.2, 0.25) is 5.91 Å². The summed E-state index contributed by atoms with van der Waals surface area (Å²) in [6, 6.07) is 11.9. The van der Waals surface area contributed by atoms with Crippen LogP contribution in [-0.2, 0) is 4.79 Å². The minimum absolute atomic E-state index is 0.0138. The predicted octanol–water partition coefficient (Wildman–Crippen LogP) is 3.93.